The zero-order chi connectivity index (χ0) is 20.6. The molecule has 0 saturated carbocycles. The van der Waals surface area contributed by atoms with E-state index in [1.54, 1.807) is 0 Å². The van der Waals surface area contributed by atoms with Gasteiger partial charge >= 0.3 is 0 Å². The van der Waals surface area contributed by atoms with Crippen LogP contribution < -0.4 is 5.32 Å². The summed E-state index contributed by atoms with van der Waals surface area (Å²) >= 11 is 0. The van der Waals surface area contributed by atoms with Gasteiger partial charge in [-0.1, -0.05) is 72.8 Å². The summed E-state index contributed by atoms with van der Waals surface area (Å²) < 4.78 is 12.8. The van der Waals surface area contributed by atoms with Gasteiger partial charge in [0.25, 0.3) is 0 Å². The Morgan fingerprint density at radius 2 is 1.68 bits per heavy atom. The van der Waals surface area contributed by atoms with Crippen molar-refractivity contribution in [2.45, 2.75) is 25.0 Å². The monoisotopic (exact) mass is 407 g/mol. The van der Waals surface area contributed by atoms with Crippen LogP contribution in [0.25, 0.3) is 32.7 Å². The predicted octanol–water partition coefficient (Wildman–Crippen LogP) is 6.40. The van der Waals surface area contributed by atoms with Gasteiger partial charge in [0, 0.05) is 28.8 Å². The lowest BCUT2D eigenvalue weighted by atomic mass is 9.86. The Morgan fingerprint density at radius 3 is 2.65 bits per heavy atom. The molecule has 0 bridgehead atoms. The number of nitrogens with one attached hydrogen (secondary N) is 1. The Morgan fingerprint density at radius 1 is 0.839 bits per heavy atom. The lowest BCUT2D eigenvalue weighted by Gasteiger charge is -2.32. The molecule has 5 aromatic rings. The largest absolute Gasteiger partial charge is 0.456 e. The molecule has 154 valence electrons. The van der Waals surface area contributed by atoms with Gasteiger partial charge in [-0.05, 0) is 41.4 Å². The van der Waals surface area contributed by atoms with Crippen molar-refractivity contribution in [3.63, 3.8) is 0 Å². The average molecular weight is 408 g/mol. The molecule has 1 aliphatic heterocycles. The van der Waals surface area contributed by atoms with Crippen LogP contribution in [0.4, 0.5) is 0 Å². The molecule has 2 atom stereocenters. The van der Waals surface area contributed by atoms with Crippen LogP contribution in [0, 0.1) is 0 Å². The number of hydrogen-bond donors (Lipinski definition) is 1. The molecule has 0 amide bonds. The first-order valence-corrected chi connectivity index (χ1v) is 11.1. The molecule has 0 spiro atoms. The number of rotatable bonds is 4. The van der Waals surface area contributed by atoms with Crippen LogP contribution in [0.1, 0.15) is 23.5 Å². The zero-order valence-electron chi connectivity index (χ0n) is 17.4. The third-order valence-electron chi connectivity index (χ3n) is 6.54. The molecular formula is C28H25NO2. The predicted molar refractivity (Wildman–Crippen MR) is 126 cm³/mol. The van der Waals surface area contributed by atoms with Gasteiger partial charge in [-0.15, -0.1) is 0 Å². The highest BCUT2D eigenvalue weighted by Crippen LogP contribution is 2.37. The van der Waals surface area contributed by atoms with E-state index in [0.29, 0.717) is 12.5 Å². The quantitative estimate of drug-likeness (QED) is 0.374. The standard InChI is InChI=1S/C28H25NO2/c1-2-7-21-16-19(12-13-20(21)6-1)18-30-27-17-29-15-14-23(27)25-10-5-9-24-22-8-3-4-11-26(22)31-28(24)25/h1-13,16,23,27,29H,14-15,17-18H2/t23-,27+/m1/s1. The van der Waals surface area contributed by atoms with E-state index in [1.807, 2.05) is 6.07 Å². The number of ether oxygens (including phenoxy) is 1. The summed E-state index contributed by atoms with van der Waals surface area (Å²) in [4.78, 5) is 0. The molecule has 0 unspecified atom stereocenters. The molecule has 1 N–H and O–H groups in total. The zero-order valence-corrected chi connectivity index (χ0v) is 17.4. The molecule has 3 nitrogen and oxygen atoms in total. The van der Waals surface area contributed by atoms with Crippen LogP contribution in [0.15, 0.2) is 89.3 Å². The molecule has 0 aliphatic carbocycles. The number of hydrogen-bond acceptors (Lipinski definition) is 3. The maximum absolute atomic E-state index is 6.50. The summed E-state index contributed by atoms with van der Waals surface area (Å²) in [7, 11) is 0. The average Bonchev–Trinajstić information content (AvgIpc) is 3.22. The van der Waals surface area contributed by atoms with Gasteiger partial charge in [0.15, 0.2) is 0 Å². The lowest BCUT2D eigenvalue weighted by Crippen LogP contribution is -2.41. The molecule has 31 heavy (non-hydrogen) atoms. The van der Waals surface area contributed by atoms with E-state index in [1.165, 1.54) is 32.7 Å². The van der Waals surface area contributed by atoms with E-state index >= 15 is 0 Å². The van der Waals surface area contributed by atoms with Crippen LogP contribution in [0.2, 0.25) is 0 Å². The summed E-state index contributed by atoms with van der Waals surface area (Å²) in [6.07, 6.45) is 1.15. The molecule has 1 fully saturated rings. The van der Waals surface area contributed by atoms with Crippen molar-refractivity contribution >= 4 is 32.7 Å². The summed E-state index contributed by atoms with van der Waals surface area (Å²) in [6, 6.07) is 29.9. The SMILES string of the molecule is c1ccc2cc(CO[C@H]3CNCC[C@@H]3c3cccc4c3oc3ccccc34)ccc2c1. The molecule has 0 radical (unpaired) electrons. The van der Waals surface area contributed by atoms with Crippen LogP contribution in [0.5, 0.6) is 0 Å². The highest BCUT2D eigenvalue weighted by molar-refractivity contribution is 6.05. The number of fused-ring (bicyclic) bond motifs is 4. The Balaban J connectivity index is 1.31. The van der Waals surface area contributed by atoms with Gasteiger partial charge in [-0.25, -0.2) is 0 Å². The number of para-hydroxylation sites is 2. The molecule has 1 aromatic heterocycles. The molecule has 1 saturated heterocycles. The summed E-state index contributed by atoms with van der Waals surface area (Å²) in [5, 5.41) is 8.42. The smallest absolute Gasteiger partial charge is 0.138 e. The second-order valence-electron chi connectivity index (χ2n) is 8.45. The number of piperidine rings is 1. The molecule has 2 heterocycles. The first-order chi connectivity index (χ1) is 15.4. The maximum atomic E-state index is 6.50. The van der Waals surface area contributed by atoms with Crippen LogP contribution in [-0.4, -0.2) is 19.2 Å². The van der Waals surface area contributed by atoms with Gasteiger partial charge < -0.3 is 14.5 Å². The van der Waals surface area contributed by atoms with Gasteiger partial charge in [0.1, 0.15) is 11.2 Å². The van der Waals surface area contributed by atoms with Crippen LogP contribution in [-0.2, 0) is 11.3 Å². The fourth-order valence-electron chi connectivity index (χ4n) is 4.95. The normalized spacial score (nSPS) is 19.4. The minimum Gasteiger partial charge on any atom is -0.456 e. The molecule has 3 heteroatoms. The number of furan rings is 1. The molecule has 6 rings (SSSR count). The summed E-state index contributed by atoms with van der Waals surface area (Å²) in [5.74, 6) is 0.311. The Bertz CT molecular complexity index is 1370. The maximum Gasteiger partial charge on any atom is 0.138 e. The van der Waals surface area contributed by atoms with E-state index in [4.69, 9.17) is 9.15 Å². The van der Waals surface area contributed by atoms with Crippen molar-refractivity contribution in [1.29, 1.82) is 0 Å². The first kappa shape index (κ1) is 18.6. The second kappa shape index (κ2) is 7.84. The van der Waals surface area contributed by atoms with Crippen molar-refractivity contribution in [2.75, 3.05) is 13.1 Å². The lowest BCUT2D eigenvalue weighted by molar-refractivity contribution is 0.0108. The van der Waals surface area contributed by atoms with Crippen LogP contribution in [0.3, 0.4) is 0 Å². The van der Waals surface area contributed by atoms with Gasteiger partial charge in [0.2, 0.25) is 0 Å². The van der Waals surface area contributed by atoms with Crippen molar-refractivity contribution in [1.82, 2.24) is 5.32 Å². The van der Waals surface area contributed by atoms with Crippen molar-refractivity contribution in [2.24, 2.45) is 0 Å². The van der Waals surface area contributed by atoms with E-state index in [9.17, 15) is 0 Å². The van der Waals surface area contributed by atoms with E-state index < -0.39 is 0 Å². The van der Waals surface area contributed by atoms with Crippen molar-refractivity contribution in [3.05, 3.63) is 96.1 Å². The fraction of sp³-hybridized carbons (Fsp3) is 0.214. The van der Waals surface area contributed by atoms with E-state index in [0.717, 1.165) is 30.7 Å². The fourth-order valence-corrected chi connectivity index (χ4v) is 4.95. The summed E-state index contributed by atoms with van der Waals surface area (Å²) in [5.41, 5.74) is 4.44. The van der Waals surface area contributed by atoms with E-state index in [-0.39, 0.29) is 6.10 Å². The minimum atomic E-state index is 0.110. The molecular weight excluding hydrogens is 382 g/mol. The third kappa shape index (κ3) is 3.40. The third-order valence-corrected chi connectivity index (χ3v) is 6.54. The highest BCUT2D eigenvalue weighted by Gasteiger charge is 2.29. The van der Waals surface area contributed by atoms with Gasteiger partial charge in [-0.3, -0.25) is 0 Å². The van der Waals surface area contributed by atoms with Crippen LogP contribution >= 0.6 is 0 Å². The van der Waals surface area contributed by atoms with E-state index in [2.05, 4.69) is 84.2 Å². The highest BCUT2D eigenvalue weighted by atomic mass is 16.5. The molecule has 4 aromatic carbocycles. The van der Waals surface area contributed by atoms with Gasteiger partial charge in [-0.2, -0.15) is 0 Å². The Kier molecular flexibility index (Phi) is 4.71. The topological polar surface area (TPSA) is 34.4 Å². The second-order valence-corrected chi connectivity index (χ2v) is 8.45. The Labute approximate surface area is 181 Å². The Hall–Kier alpha value is -3.14. The first-order valence-electron chi connectivity index (χ1n) is 11.1. The van der Waals surface area contributed by atoms with Crippen molar-refractivity contribution in [3.8, 4) is 0 Å². The summed E-state index contributed by atoms with van der Waals surface area (Å²) in [6.45, 7) is 2.47. The minimum absolute atomic E-state index is 0.110. The van der Waals surface area contributed by atoms with Crippen molar-refractivity contribution < 1.29 is 9.15 Å². The number of benzene rings is 4. The van der Waals surface area contributed by atoms with Gasteiger partial charge in [0.05, 0.1) is 12.7 Å². The molecule has 1 aliphatic rings.